The Labute approximate surface area is 249 Å². The fourth-order valence-electron chi connectivity index (χ4n) is 4.65. The van der Waals surface area contributed by atoms with E-state index in [1.807, 2.05) is 72.8 Å². The molecule has 4 aromatic rings. The molecule has 1 heterocycles. The van der Waals surface area contributed by atoms with Gasteiger partial charge in [0.1, 0.15) is 41.2 Å². The summed E-state index contributed by atoms with van der Waals surface area (Å²) in [7, 11) is 0. The van der Waals surface area contributed by atoms with E-state index in [4.69, 9.17) is 36.3 Å². The number of nitrogens with two attached hydrogens (primary N) is 1. The molecule has 4 aromatic carbocycles. The summed E-state index contributed by atoms with van der Waals surface area (Å²) < 4.78 is 22.9. The fourth-order valence-corrected chi connectivity index (χ4v) is 4.84. The van der Waals surface area contributed by atoms with Gasteiger partial charge in [-0.1, -0.05) is 74.0 Å². The lowest BCUT2D eigenvalue weighted by Crippen LogP contribution is -2.21. The number of allylic oxidation sites excluding steroid dienone is 1. The molecule has 1 aliphatic rings. The lowest BCUT2D eigenvalue weighted by Gasteiger charge is -2.27. The topological polar surface area (TPSA) is 104 Å². The van der Waals surface area contributed by atoms with Crippen molar-refractivity contribution in [3.05, 3.63) is 130 Å². The Morgan fingerprint density at radius 3 is 2.45 bits per heavy atom. The number of nitriles is 1. The fraction of sp³-hybridized carbons (Fsp3) is 0.176. The van der Waals surface area contributed by atoms with Gasteiger partial charge in [-0.2, -0.15) is 5.26 Å². The first kappa shape index (κ1) is 28.6. The molecule has 0 amide bonds. The van der Waals surface area contributed by atoms with Crippen LogP contribution in [0.1, 0.15) is 47.9 Å². The van der Waals surface area contributed by atoms with Gasteiger partial charge < -0.3 is 24.7 Å². The molecule has 5 rings (SSSR count). The maximum Gasteiger partial charge on any atom is 0.349 e. The molecular formula is C34H29ClN2O5. The number of esters is 1. The van der Waals surface area contributed by atoms with E-state index >= 15 is 0 Å². The average molecular weight is 581 g/mol. The predicted octanol–water partition coefficient (Wildman–Crippen LogP) is 7.24. The van der Waals surface area contributed by atoms with Crippen LogP contribution in [0.25, 0.3) is 0 Å². The molecule has 0 aliphatic carbocycles. The van der Waals surface area contributed by atoms with Crippen LogP contribution in [0.5, 0.6) is 23.0 Å². The highest BCUT2D eigenvalue weighted by Gasteiger charge is 2.31. The molecule has 0 bridgehead atoms. The molecule has 1 aliphatic heterocycles. The van der Waals surface area contributed by atoms with Crippen molar-refractivity contribution in [3.8, 4) is 29.1 Å². The lowest BCUT2D eigenvalue weighted by atomic mass is 9.83. The van der Waals surface area contributed by atoms with Crippen LogP contribution >= 0.6 is 11.6 Å². The third-order valence-electron chi connectivity index (χ3n) is 6.87. The zero-order valence-electron chi connectivity index (χ0n) is 23.2. The van der Waals surface area contributed by atoms with Crippen molar-refractivity contribution in [2.45, 2.75) is 32.3 Å². The highest BCUT2D eigenvalue weighted by atomic mass is 35.5. The van der Waals surface area contributed by atoms with Gasteiger partial charge in [0, 0.05) is 22.2 Å². The molecule has 0 saturated carbocycles. The minimum Gasteiger partial charge on any atom is -0.489 e. The number of halogens is 1. The first-order chi connectivity index (χ1) is 20.3. The third-order valence-corrected chi connectivity index (χ3v) is 7.24. The summed E-state index contributed by atoms with van der Waals surface area (Å²) in [4.78, 5) is 12.5. The Morgan fingerprint density at radius 1 is 0.952 bits per heavy atom. The van der Waals surface area contributed by atoms with Gasteiger partial charge in [-0.05, 0) is 53.4 Å². The highest BCUT2D eigenvalue weighted by molar-refractivity contribution is 6.31. The number of nitrogens with zero attached hydrogens (tertiary/aromatic N) is 1. The summed E-state index contributed by atoms with van der Waals surface area (Å²) in [5.41, 5.74) is 9.98. The summed E-state index contributed by atoms with van der Waals surface area (Å²) in [6.07, 6.45) is 0. The van der Waals surface area contributed by atoms with Crippen LogP contribution in [0.2, 0.25) is 5.02 Å². The molecule has 0 radical (unpaired) electrons. The molecular weight excluding hydrogens is 552 g/mol. The van der Waals surface area contributed by atoms with E-state index in [1.54, 1.807) is 18.2 Å². The van der Waals surface area contributed by atoms with E-state index in [9.17, 15) is 10.1 Å². The Morgan fingerprint density at radius 2 is 1.71 bits per heavy atom. The average Bonchev–Trinajstić information content (AvgIpc) is 2.99. The summed E-state index contributed by atoms with van der Waals surface area (Å²) in [5.74, 6) is 1.14. The van der Waals surface area contributed by atoms with E-state index in [2.05, 4.69) is 19.9 Å². The molecule has 42 heavy (non-hydrogen) atoms. The highest BCUT2D eigenvalue weighted by Crippen LogP contribution is 2.44. The molecule has 0 spiro atoms. The van der Waals surface area contributed by atoms with Crippen LogP contribution < -0.4 is 24.7 Å². The second kappa shape index (κ2) is 12.7. The molecule has 0 fully saturated rings. The molecule has 0 aromatic heterocycles. The molecule has 1 atom stereocenters. The van der Waals surface area contributed by atoms with E-state index in [0.717, 1.165) is 11.1 Å². The summed E-state index contributed by atoms with van der Waals surface area (Å²) in [6, 6.07) is 29.7. The van der Waals surface area contributed by atoms with E-state index in [1.165, 1.54) is 5.56 Å². The number of rotatable bonds is 9. The number of hydrogen-bond donors (Lipinski definition) is 1. The van der Waals surface area contributed by atoms with Gasteiger partial charge in [0.2, 0.25) is 5.88 Å². The van der Waals surface area contributed by atoms with Gasteiger partial charge in [0.15, 0.2) is 6.61 Å². The normalized spacial score (nSPS) is 14.0. The SMILES string of the molecule is CC(C)c1ccc(OCC(=O)Oc2ccc3c(c2)OC(N)=C(C#N)C3c2cccc(OCc3ccccc3Cl)c2)cc1. The quantitative estimate of drug-likeness (QED) is 0.164. The monoisotopic (exact) mass is 580 g/mol. The van der Waals surface area contributed by atoms with Gasteiger partial charge in [-0.25, -0.2) is 4.79 Å². The predicted molar refractivity (Wildman–Crippen MR) is 160 cm³/mol. The minimum absolute atomic E-state index is 0.0194. The van der Waals surface area contributed by atoms with Gasteiger partial charge in [0.25, 0.3) is 0 Å². The number of hydrogen-bond acceptors (Lipinski definition) is 7. The zero-order chi connectivity index (χ0) is 29.6. The molecule has 7 nitrogen and oxygen atoms in total. The molecule has 1 unspecified atom stereocenters. The number of fused-ring (bicyclic) bond motifs is 1. The van der Waals surface area contributed by atoms with Crippen molar-refractivity contribution >= 4 is 17.6 Å². The van der Waals surface area contributed by atoms with Gasteiger partial charge in [-0.3, -0.25) is 0 Å². The molecule has 0 saturated heterocycles. The van der Waals surface area contributed by atoms with Crippen LogP contribution in [0.15, 0.2) is 102 Å². The van der Waals surface area contributed by atoms with E-state index in [-0.39, 0.29) is 30.4 Å². The number of carbonyl (C=O) groups excluding carboxylic acids is 1. The number of ether oxygens (including phenoxy) is 4. The largest absolute Gasteiger partial charge is 0.489 e. The van der Waals surface area contributed by atoms with Crippen LogP contribution in [-0.2, 0) is 11.4 Å². The Balaban J connectivity index is 1.31. The van der Waals surface area contributed by atoms with Crippen LogP contribution in [-0.4, -0.2) is 12.6 Å². The minimum atomic E-state index is -0.570. The Bertz CT molecular complexity index is 1670. The smallest absolute Gasteiger partial charge is 0.349 e. The summed E-state index contributed by atoms with van der Waals surface area (Å²) in [6.45, 7) is 4.25. The van der Waals surface area contributed by atoms with Gasteiger partial charge >= 0.3 is 5.97 Å². The van der Waals surface area contributed by atoms with Gasteiger partial charge in [-0.15, -0.1) is 0 Å². The van der Waals surface area contributed by atoms with Crippen LogP contribution in [0, 0.1) is 11.3 Å². The van der Waals surface area contributed by atoms with Gasteiger partial charge in [0.05, 0.1) is 5.92 Å². The van der Waals surface area contributed by atoms with Crippen LogP contribution in [0.4, 0.5) is 0 Å². The first-order valence-corrected chi connectivity index (χ1v) is 13.8. The first-order valence-electron chi connectivity index (χ1n) is 13.4. The zero-order valence-corrected chi connectivity index (χ0v) is 23.9. The Hall–Kier alpha value is -4.93. The van der Waals surface area contributed by atoms with Crippen molar-refractivity contribution in [2.75, 3.05) is 6.61 Å². The van der Waals surface area contributed by atoms with Crippen molar-refractivity contribution in [3.63, 3.8) is 0 Å². The second-order valence-corrected chi connectivity index (χ2v) is 10.5. The maximum atomic E-state index is 12.5. The van der Waals surface area contributed by atoms with Crippen LogP contribution in [0.3, 0.4) is 0 Å². The lowest BCUT2D eigenvalue weighted by molar-refractivity contribution is -0.136. The second-order valence-electron chi connectivity index (χ2n) is 10.1. The summed E-state index contributed by atoms with van der Waals surface area (Å²) in [5, 5.41) is 10.6. The molecule has 2 N–H and O–H groups in total. The Kier molecular flexibility index (Phi) is 8.66. The van der Waals surface area contributed by atoms with Crippen molar-refractivity contribution in [2.24, 2.45) is 5.73 Å². The maximum absolute atomic E-state index is 12.5. The standard InChI is InChI=1S/C34H29ClN2O5/c1-21(2)22-10-12-25(13-11-22)40-20-32(38)41-27-14-15-28-31(17-27)42-34(37)29(18-36)33(28)23-7-5-8-26(16-23)39-19-24-6-3-4-9-30(24)35/h3-17,21,33H,19-20,37H2,1-2H3. The van der Waals surface area contributed by atoms with Crippen molar-refractivity contribution in [1.82, 2.24) is 0 Å². The third kappa shape index (κ3) is 6.51. The number of carbonyl (C=O) groups is 1. The number of benzene rings is 4. The summed E-state index contributed by atoms with van der Waals surface area (Å²) >= 11 is 6.27. The molecule has 212 valence electrons. The van der Waals surface area contributed by atoms with Crippen molar-refractivity contribution < 1.29 is 23.7 Å². The van der Waals surface area contributed by atoms with E-state index in [0.29, 0.717) is 33.8 Å². The van der Waals surface area contributed by atoms with E-state index < -0.39 is 11.9 Å². The van der Waals surface area contributed by atoms with Crippen molar-refractivity contribution in [1.29, 1.82) is 5.26 Å². The molecule has 8 heteroatoms.